The number of carbonyl (C=O) groups is 2. The van der Waals surface area contributed by atoms with Gasteiger partial charge in [0.25, 0.3) is 0 Å². The summed E-state index contributed by atoms with van der Waals surface area (Å²) in [7, 11) is 0. The Labute approximate surface area is 108 Å². The van der Waals surface area contributed by atoms with Gasteiger partial charge in [0.15, 0.2) is 0 Å². The Morgan fingerprint density at radius 3 is 2.28 bits per heavy atom. The third-order valence-electron chi connectivity index (χ3n) is 3.02. The number of piperazine rings is 1. The first-order valence-corrected chi connectivity index (χ1v) is 6.53. The van der Waals surface area contributed by atoms with Gasteiger partial charge in [-0.2, -0.15) is 0 Å². The van der Waals surface area contributed by atoms with Crippen molar-refractivity contribution in [3.8, 4) is 0 Å². The van der Waals surface area contributed by atoms with Crippen LogP contribution >= 0.6 is 0 Å². The number of amides is 3. The molecule has 6 nitrogen and oxygen atoms in total. The maximum absolute atomic E-state index is 11.8. The molecule has 6 heteroatoms. The normalized spacial score (nSPS) is 17.5. The molecule has 0 radical (unpaired) electrons. The molecule has 18 heavy (non-hydrogen) atoms. The molecule has 0 spiro atoms. The number of carbonyl (C=O) groups excluding carboxylic acids is 2. The lowest BCUT2D eigenvalue weighted by Gasteiger charge is -2.34. The highest BCUT2D eigenvalue weighted by atomic mass is 16.3. The van der Waals surface area contributed by atoms with Crippen LogP contribution in [0.1, 0.15) is 26.7 Å². The Hall–Kier alpha value is -1.30. The van der Waals surface area contributed by atoms with Gasteiger partial charge in [0.1, 0.15) is 0 Å². The lowest BCUT2D eigenvalue weighted by molar-refractivity contribution is -0.133. The van der Waals surface area contributed by atoms with Gasteiger partial charge < -0.3 is 20.2 Å². The number of nitrogens with one attached hydrogen (secondary N) is 1. The molecule has 1 aliphatic heterocycles. The number of aliphatic hydroxyl groups excluding tert-OH is 1. The number of urea groups is 1. The molecule has 104 valence electrons. The van der Waals surface area contributed by atoms with Gasteiger partial charge in [0.05, 0.1) is 6.10 Å². The van der Waals surface area contributed by atoms with Crippen molar-refractivity contribution in [2.75, 3.05) is 32.7 Å². The van der Waals surface area contributed by atoms with E-state index in [0.29, 0.717) is 45.6 Å². The van der Waals surface area contributed by atoms with E-state index in [1.54, 1.807) is 16.7 Å². The van der Waals surface area contributed by atoms with Gasteiger partial charge in [-0.3, -0.25) is 4.79 Å². The van der Waals surface area contributed by atoms with Crippen LogP contribution in [-0.4, -0.2) is 65.7 Å². The molecule has 1 unspecified atom stereocenters. The van der Waals surface area contributed by atoms with E-state index < -0.39 is 6.10 Å². The highest BCUT2D eigenvalue weighted by Crippen LogP contribution is 2.06. The van der Waals surface area contributed by atoms with Crippen LogP contribution in [0.15, 0.2) is 0 Å². The van der Waals surface area contributed by atoms with Crippen LogP contribution in [0.4, 0.5) is 4.79 Å². The summed E-state index contributed by atoms with van der Waals surface area (Å²) in [6, 6.07) is -0.0615. The summed E-state index contributed by atoms with van der Waals surface area (Å²) in [5.41, 5.74) is 0. The molecule has 3 amide bonds. The Kier molecular flexibility index (Phi) is 5.91. The summed E-state index contributed by atoms with van der Waals surface area (Å²) < 4.78 is 0. The van der Waals surface area contributed by atoms with E-state index in [-0.39, 0.29) is 11.9 Å². The summed E-state index contributed by atoms with van der Waals surface area (Å²) in [6.07, 6.45) is 0.430. The minimum Gasteiger partial charge on any atom is -0.393 e. The lowest BCUT2D eigenvalue weighted by atomic mass is 10.2. The first kappa shape index (κ1) is 14.8. The number of nitrogens with zero attached hydrogens (tertiary/aromatic N) is 2. The Bertz CT molecular complexity index is 286. The summed E-state index contributed by atoms with van der Waals surface area (Å²) in [5, 5.41) is 11.9. The van der Waals surface area contributed by atoms with Gasteiger partial charge in [0, 0.05) is 39.1 Å². The number of aliphatic hydroxyl groups is 1. The lowest BCUT2D eigenvalue weighted by Crippen LogP contribution is -2.53. The zero-order chi connectivity index (χ0) is 13.5. The molecular weight excluding hydrogens is 234 g/mol. The minimum atomic E-state index is -0.439. The quantitative estimate of drug-likeness (QED) is 0.746. The first-order valence-electron chi connectivity index (χ1n) is 6.53. The average molecular weight is 257 g/mol. The smallest absolute Gasteiger partial charge is 0.317 e. The van der Waals surface area contributed by atoms with Gasteiger partial charge >= 0.3 is 6.03 Å². The number of rotatable bonds is 4. The van der Waals surface area contributed by atoms with Gasteiger partial charge in [-0.15, -0.1) is 0 Å². The van der Waals surface area contributed by atoms with E-state index in [1.165, 1.54) is 0 Å². The molecule has 2 N–H and O–H groups in total. The second-order valence-electron chi connectivity index (χ2n) is 4.59. The standard InChI is InChI=1S/C12H23N3O3/c1-3-13-12(18)15-8-6-14(7-9-15)11(17)5-4-10(2)16/h10,16H,3-9H2,1-2H3,(H,13,18). The predicted octanol–water partition coefficient (Wildman–Crippen LogP) is 0.0211. The first-order chi connectivity index (χ1) is 8.54. The van der Waals surface area contributed by atoms with Crippen molar-refractivity contribution in [3.05, 3.63) is 0 Å². The van der Waals surface area contributed by atoms with Gasteiger partial charge in [-0.25, -0.2) is 4.79 Å². The second-order valence-corrected chi connectivity index (χ2v) is 4.59. The zero-order valence-corrected chi connectivity index (χ0v) is 11.2. The van der Waals surface area contributed by atoms with E-state index in [0.717, 1.165) is 0 Å². The third-order valence-corrected chi connectivity index (χ3v) is 3.02. The summed E-state index contributed by atoms with van der Waals surface area (Å²) in [5.74, 6) is 0.0615. The summed E-state index contributed by atoms with van der Waals surface area (Å²) in [4.78, 5) is 26.9. The molecule has 0 aromatic heterocycles. The molecule has 0 aromatic rings. The van der Waals surface area contributed by atoms with Gasteiger partial charge in [0.2, 0.25) is 5.91 Å². The van der Waals surface area contributed by atoms with Crippen LogP contribution < -0.4 is 5.32 Å². The molecule has 1 saturated heterocycles. The Morgan fingerprint density at radius 2 is 1.78 bits per heavy atom. The predicted molar refractivity (Wildman–Crippen MR) is 68.1 cm³/mol. The Balaban J connectivity index is 2.30. The fourth-order valence-electron chi connectivity index (χ4n) is 1.91. The molecule has 1 aliphatic rings. The summed E-state index contributed by atoms with van der Waals surface area (Å²) >= 11 is 0. The van der Waals surface area contributed by atoms with Crippen LogP contribution in [0.25, 0.3) is 0 Å². The molecule has 1 fully saturated rings. The molecule has 0 aliphatic carbocycles. The number of hydrogen-bond acceptors (Lipinski definition) is 3. The number of hydrogen-bond donors (Lipinski definition) is 2. The maximum atomic E-state index is 11.8. The van der Waals surface area contributed by atoms with E-state index >= 15 is 0 Å². The second kappa shape index (κ2) is 7.20. The topological polar surface area (TPSA) is 72.9 Å². The van der Waals surface area contributed by atoms with Crippen LogP contribution in [0.5, 0.6) is 0 Å². The zero-order valence-electron chi connectivity index (χ0n) is 11.2. The van der Waals surface area contributed by atoms with Crippen molar-refractivity contribution in [2.45, 2.75) is 32.8 Å². The van der Waals surface area contributed by atoms with E-state index in [2.05, 4.69) is 5.32 Å². The van der Waals surface area contributed by atoms with Crippen LogP contribution in [0.3, 0.4) is 0 Å². The van der Waals surface area contributed by atoms with Crippen molar-refractivity contribution in [2.24, 2.45) is 0 Å². The largest absolute Gasteiger partial charge is 0.393 e. The SMILES string of the molecule is CCNC(=O)N1CCN(C(=O)CCC(C)O)CC1. The van der Waals surface area contributed by atoms with Crippen LogP contribution in [-0.2, 0) is 4.79 Å². The van der Waals surface area contributed by atoms with Crippen molar-refractivity contribution >= 4 is 11.9 Å². The molecule has 1 atom stereocenters. The third kappa shape index (κ3) is 4.52. The van der Waals surface area contributed by atoms with Crippen LogP contribution in [0, 0.1) is 0 Å². The average Bonchev–Trinajstić information content (AvgIpc) is 2.36. The maximum Gasteiger partial charge on any atom is 0.317 e. The van der Waals surface area contributed by atoms with Crippen LogP contribution in [0.2, 0.25) is 0 Å². The highest BCUT2D eigenvalue weighted by Gasteiger charge is 2.23. The van der Waals surface area contributed by atoms with Crippen molar-refractivity contribution in [1.29, 1.82) is 0 Å². The van der Waals surface area contributed by atoms with E-state index in [9.17, 15) is 9.59 Å². The van der Waals surface area contributed by atoms with Gasteiger partial charge in [-0.1, -0.05) is 0 Å². The van der Waals surface area contributed by atoms with E-state index in [4.69, 9.17) is 5.11 Å². The van der Waals surface area contributed by atoms with Crippen molar-refractivity contribution < 1.29 is 14.7 Å². The summed E-state index contributed by atoms with van der Waals surface area (Å²) in [6.45, 7) is 6.49. The van der Waals surface area contributed by atoms with E-state index in [1.807, 2.05) is 6.92 Å². The molecule has 0 aromatic carbocycles. The van der Waals surface area contributed by atoms with Gasteiger partial charge in [-0.05, 0) is 20.3 Å². The molecule has 1 rings (SSSR count). The van der Waals surface area contributed by atoms with Crippen molar-refractivity contribution in [1.82, 2.24) is 15.1 Å². The molecule has 1 heterocycles. The Morgan fingerprint density at radius 1 is 1.22 bits per heavy atom. The fourth-order valence-corrected chi connectivity index (χ4v) is 1.91. The highest BCUT2D eigenvalue weighted by molar-refractivity contribution is 5.77. The monoisotopic (exact) mass is 257 g/mol. The molecular formula is C12H23N3O3. The van der Waals surface area contributed by atoms with Crippen molar-refractivity contribution in [3.63, 3.8) is 0 Å². The minimum absolute atomic E-state index is 0.0615. The fraction of sp³-hybridized carbons (Fsp3) is 0.833. The molecule has 0 bridgehead atoms. The molecule has 0 saturated carbocycles.